The van der Waals surface area contributed by atoms with Crippen molar-refractivity contribution in [2.24, 2.45) is 0 Å². The molecule has 0 bridgehead atoms. The van der Waals surface area contributed by atoms with E-state index in [0.29, 0.717) is 26.5 Å². The predicted octanol–water partition coefficient (Wildman–Crippen LogP) is 5.64. The summed E-state index contributed by atoms with van der Waals surface area (Å²) in [4.78, 5) is 12.3. The van der Waals surface area contributed by atoms with Crippen LogP contribution in [0.2, 0.25) is 0 Å². The van der Waals surface area contributed by atoms with Gasteiger partial charge in [-0.1, -0.05) is 53.4 Å². The number of nitrogens with zero attached hydrogens (tertiary/aromatic N) is 2. The first-order valence-electron chi connectivity index (χ1n) is 8.81. The molecule has 4 aromatic rings. The summed E-state index contributed by atoms with van der Waals surface area (Å²) in [5, 5.41) is 12.5. The lowest BCUT2D eigenvalue weighted by atomic mass is 10.1. The minimum atomic E-state index is -0.488. The fourth-order valence-corrected chi connectivity index (χ4v) is 4.53. The lowest BCUT2D eigenvalue weighted by Gasteiger charge is -2.02. The van der Waals surface area contributed by atoms with Crippen LogP contribution in [0.5, 0.6) is 0 Å². The number of anilines is 2. The number of hydrogen-bond acceptors (Lipinski definition) is 8. The van der Waals surface area contributed by atoms with Crippen LogP contribution in [0.25, 0.3) is 11.0 Å². The summed E-state index contributed by atoms with van der Waals surface area (Å²) >= 11 is 2.73. The van der Waals surface area contributed by atoms with Crippen LogP contribution in [0.4, 0.5) is 15.2 Å². The number of hydrogen-bond donors (Lipinski definition) is 1. The van der Waals surface area contributed by atoms with E-state index in [-0.39, 0.29) is 18.2 Å². The molecule has 0 amide bonds. The van der Waals surface area contributed by atoms with Gasteiger partial charge in [-0.05, 0) is 25.1 Å². The quantitative estimate of drug-likeness (QED) is 0.301. The maximum atomic E-state index is 13.8. The van der Waals surface area contributed by atoms with Crippen LogP contribution in [0.1, 0.15) is 23.0 Å². The summed E-state index contributed by atoms with van der Waals surface area (Å²) < 4.78 is 25.3. The van der Waals surface area contributed by atoms with E-state index in [2.05, 4.69) is 15.5 Å². The van der Waals surface area contributed by atoms with Crippen molar-refractivity contribution in [1.82, 2.24) is 10.2 Å². The van der Waals surface area contributed by atoms with Gasteiger partial charge in [-0.2, -0.15) is 0 Å². The molecule has 29 heavy (non-hydrogen) atoms. The van der Waals surface area contributed by atoms with Crippen molar-refractivity contribution >= 4 is 50.9 Å². The van der Waals surface area contributed by atoms with E-state index in [4.69, 9.17) is 9.15 Å². The Kier molecular flexibility index (Phi) is 5.77. The topological polar surface area (TPSA) is 77.2 Å². The highest BCUT2D eigenvalue weighted by molar-refractivity contribution is 8.00. The van der Waals surface area contributed by atoms with Crippen molar-refractivity contribution in [3.05, 3.63) is 65.7 Å². The van der Waals surface area contributed by atoms with Crippen molar-refractivity contribution in [3.8, 4) is 0 Å². The van der Waals surface area contributed by atoms with Crippen LogP contribution in [-0.4, -0.2) is 22.8 Å². The van der Waals surface area contributed by atoms with E-state index in [0.717, 1.165) is 10.9 Å². The molecule has 1 N–H and O–H groups in total. The number of fused-ring (bicyclic) bond motifs is 1. The van der Waals surface area contributed by atoms with Gasteiger partial charge in [-0.3, -0.25) is 0 Å². The minimum absolute atomic E-state index is 0.203. The number of esters is 1. The highest BCUT2D eigenvalue weighted by Crippen LogP contribution is 2.35. The molecule has 0 saturated carbocycles. The number of furan rings is 1. The van der Waals surface area contributed by atoms with Gasteiger partial charge in [-0.15, -0.1) is 10.2 Å². The third-order valence-electron chi connectivity index (χ3n) is 4.02. The van der Waals surface area contributed by atoms with Crippen molar-refractivity contribution < 1.29 is 18.3 Å². The molecule has 0 spiro atoms. The van der Waals surface area contributed by atoms with E-state index in [9.17, 15) is 9.18 Å². The van der Waals surface area contributed by atoms with Gasteiger partial charge in [0.2, 0.25) is 10.9 Å². The van der Waals surface area contributed by atoms with Crippen molar-refractivity contribution in [1.29, 1.82) is 0 Å². The Bertz CT molecular complexity index is 1160. The van der Waals surface area contributed by atoms with Crippen LogP contribution < -0.4 is 5.32 Å². The summed E-state index contributed by atoms with van der Waals surface area (Å²) in [7, 11) is 0. The van der Waals surface area contributed by atoms with Crippen molar-refractivity contribution in [2.75, 3.05) is 11.9 Å². The summed E-state index contributed by atoms with van der Waals surface area (Å²) in [6.45, 7) is 2.02. The van der Waals surface area contributed by atoms with Crippen LogP contribution in [-0.2, 0) is 10.5 Å². The molecule has 0 aliphatic heterocycles. The van der Waals surface area contributed by atoms with Gasteiger partial charge in [0.15, 0.2) is 4.34 Å². The van der Waals surface area contributed by atoms with Crippen LogP contribution >= 0.6 is 23.1 Å². The fourth-order valence-electron chi connectivity index (χ4n) is 2.73. The SMILES string of the molecule is CCOC(=O)c1oc2ccccc2c1CSc1nnc(Nc2ccccc2F)s1. The van der Waals surface area contributed by atoms with Gasteiger partial charge in [-0.25, -0.2) is 9.18 Å². The molecule has 2 aromatic heterocycles. The van der Waals surface area contributed by atoms with E-state index in [1.54, 1.807) is 25.1 Å². The molecule has 0 aliphatic rings. The van der Waals surface area contributed by atoms with Gasteiger partial charge in [0, 0.05) is 16.7 Å². The molecule has 0 saturated heterocycles. The van der Waals surface area contributed by atoms with Gasteiger partial charge in [0.25, 0.3) is 0 Å². The van der Waals surface area contributed by atoms with Crippen LogP contribution in [0.15, 0.2) is 57.3 Å². The maximum Gasteiger partial charge on any atom is 0.374 e. The molecule has 0 aliphatic carbocycles. The number of halogens is 1. The minimum Gasteiger partial charge on any atom is -0.460 e. The molecule has 9 heteroatoms. The van der Waals surface area contributed by atoms with Crippen LogP contribution in [0.3, 0.4) is 0 Å². The number of nitrogens with one attached hydrogen (secondary N) is 1. The fraction of sp³-hybridized carbons (Fsp3) is 0.150. The van der Waals surface area contributed by atoms with Crippen molar-refractivity contribution in [3.63, 3.8) is 0 Å². The summed E-state index contributed by atoms with van der Waals surface area (Å²) in [5.41, 5.74) is 1.72. The van der Waals surface area contributed by atoms with E-state index < -0.39 is 5.97 Å². The first kappa shape index (κ1) is 19.4. The molecular formula is C20H16FN3O3S2. The zero-order chi connectivity index (χ0) is 20.2. The molecule has 0 unspecified atom stereocenters. The third-order valence-corrected chi connectivity index (χ3v) is 6.02. The van der Waals surface area contributed by atoms with Crippen molar-refractivity contribution in [2.45, 2.75) is 17.0 Å². The average molecular weight is 429 g/mol. The Hall–Kier alpha value is -2.91. The lowest BCUT2D eigenvalue weighted by Crippen LogP contribution is -2.05. The summed E-state index contributed by atoms with van der Waals surface area (Å²) in [6.07, 6.45) is 0. The second-order valence-electron chi connectivity index (χ2n) is 5.89. The Morgan fingerprint density at radius 1 is 1.21 bits per heavy atom. The molecule has 0 radical (unpaired) electrons. The molecule has 148 valence electrons. The van der Waals surface area contributed by atoms with Gasteiger partial charge >= 0.3 is 5.97 Å². The Morgan fingerprint density at radius 2 is 2.00 bits per heavy atom. The number of aromatic nitrogens is 2. The number of benzene rings is 2. The molecule has 0 fully saturated rings. The lowest BCUT2D eigenvalue weighted by molar-refractivity contribution is 0.0491. The Morgan fingerprint density at radius 3 is 2.83 bits per heavy atom. The largest absolute Gasteiger partial charge is 0.460 e. The van der Waals surface area contributed by atoms with Gasteiger partial charge in [0.1, 0.15) is 11.4 Å². The molecule has 4 rings (SSSR count). The Balaban J connectivity index is 1.53. The molecule has 2 heterocycles. The molecular weight excluding hydrogens is 413 g/mol. The molecule has 0 atom stereocenters. The average Bonchev–Trinajstić information content (AvgIpc) is 3.32. The number of para-hydroxylation sites is 2. The smallest absolute Gasteiger partial charge is 0.374 e. The van der Waals surface area contributed by atoms with Gasteiger partial charge in [0.05, 0.1) is 12.3 Å². The van der Waals surface area contributed by atoms with E-state index >= 15 is 0 Å². The predicted molar refractivity (Wildman–Crippen MR) is 111 cm³/mol. The second kappa shape index (κ2) is 8.62. The van der Waals surface area contributed by atoms with Gasteiger partial charge < -0.3 is 14.5 Å². The normalized spacial score (nSPS) is 11.0. The number of rotatable bonds is 7. The highest BCUT2D eigenvalue weighted by Gasteiger charge is 2.22. The first-order valence-corrected chi connectivity index (χ1v) is 10.6. The Labute approximate surface area is 174 Å². The number of ether oxygens (including phenoxy) is 1. The number of carbonyl (C=O) groups is 1. The van der Waals surface area contributed by atoms with E-state index in [1.807, 2.05) is 24.3 Å². The summed E-state index contributed by atoms with van der Waals surface area (Å²) in [6, 6.07) is 13.8. The van der Waals surface area contributed by atoms with E-state index in [1.165, 1.54) is 29.2 Å². The number of carbonyl (C=O) groups excluding carboxylic acids is 1. The monoisotopic (exact) mass is 429 g/mol. The zero-order valence-electron chi connectivity index (χ0n) is 15.3. The first-order chi connectivity index (χ1) is 14.2. The molecule has 2 aromatic carbocycles. The maximum absolute atomic E-state index is 13.8. The summed E-state index contributed by atoms with van der Waals surface area (Å²) in [5.74, 6) is -0.187. The third kappa shape index (κ3) is 4.25. The van der Waals surface area contributed by atoms with Crippen LogP contribution in [0, 0.1) is 5.82 Å². The second-order valence-corrected chi connectivity index (χ2v) is 8.09. The molecule has 6 nitrogen and oxygen atoms in total. The standard InChI is InChI=1S/C20H16FN3O3S2/c1-2-26-18(25)17-13(12-7-3-6-10-16(12)27-17)11-28-20-24-23-19(29-20)22-15-9-5-4-8-14(15)21/h3-10H,2,11H2,1H3,(H,22,23). The number of thioether (sulfide) groups is 1. The highest BCUT2D eigenvalue weighted by atomic mass is 32.2. The zero-order valence-corrected chi connectivity index (χ0v) is 17.0.